The summed E-state index contributed by atoms with van der Waals surface area (Å²) >= 11 is 3.22. The Morgan fingerprint density at radius 3 is 2.67 bits per heavy atom. The fourth-order valence-corrected chi connectivity index (χ4v) is 2.31. The van der Waals surface area contributed by atoms with E-state index in [1.807, 2.05) is 0 Å². The highest BCUT2D eigenvalue weighted by atomic mass is 79.9. The first-order valence-electron chi connectivity index (χ1n) is 5.85. The third-order valence-corrected chi connectivity index (χ3v) is 3.04. The van der Waals surface area contributed by atoms with Gasteiger partial charge in [0.15, 0.2) is 0 Å². The number of hydrazine groups is 1. The highest BCUT2D eigenvalue weighted by Gasteiger charge is 2.20. The summed E-state index contributed by atoms with van der Waals surface area (Å²) in [6.45, 7) is 3.37. The maximum Gasteiger partial charge on any atom is 0.313 e. The second kappa shape index (κ2) is 6.02. The lowest BCUT2D eigenvalue weighted by Gasteiger charge is -2.10. The molecule has 1 aromatic carbocycles. The zero-order chi connectivity index (χ0) is 15.6. The number of nitrogen functional groups attached to an aromatic ring is 1. The molecule has 1 heterocycles. The molecule has 3 N–H and O–H groups in total. The molecule has 0 saturated carbocycles. The zero-order valence-electron chi connectivity index (χ0n) is 11.3. The number of anilines is 1. The molecule has 0 aliphatic carbocycles. The van der Waals surface area contributed by atoms with Crippen molar-refractivity contribution in [3.8, 4) is 11.6 Å². The van der Waals surface area contributed by atoms with Crippen LogP contribution in [0.5, 0.6) is 11.6 Å². The number of ether oxygens (including phenoxy) is 1. The van der Waals surface area contributed by atoms with E-state index in [2.05, 4.69) is 31.3 Å². The van der Waals surface area contributed by atoms with E-state index in [-0.39, 0.29) is 17.3 Å². The Kier molecular flexibility index (Phi) is 4.34. The number of nitrogens with one attached hydrogen (secondary N) is 1. The Hall–Kier alpha value is -2.26. The molecule has 0 saturated heterocycles. The Morgan fingerprint density at radius 1 is 1.33 bits per heavy atom. The molecule has 9 heteroatoms. The summed E-state index contributed by atoms with van der Waals surface area (Å²) in [5.41, 5.74) is 2.84. The predicted molar refractivity (Wildman–Crippen MR) is 80.2 cm³/mol. The molecule has 0 aliphatic heterocycles. The van der Waals surface area contributed by atoms with Gasteiger partial charge in [0, 0.05) is 22.2 Å². The Balaban J connectivity index is 2.48. The number of nitro benzene ring substituents is 1. The number of hydrogen-bond donors (Lipinski definition) is 2. The van der Waals surface area contributed by atoms with Crippen LogP contribution in [0.1, 0.15) is 11.4 Å². The van der Waals surface area contributed by atoms with Crippen molar-refractivity contribution in [2.75, 3.05) is 5.43 Å². The van der Waals surface area contributed by atoms with E-state index < -0.39 is 4.92 Å². The molecule has 0 bridgehead atoms. The molecule has 0 fully saturated rings. The smallest absolute Gasteiger partial charge is 0.313 e. The number of nitrogens with two attached hydrogens (primary N) is 1. The van der Waals surface area contributed by atoms with E-state index in [1.165, 1.54) is 12.1 Å². The standard InChI is InChI=1S/C12H12BrN5O3/c1-6-3-8(13)4-9(18(19)20)12(6)21-11-5-10(17-14)15-7(2)16-11/h3-5H,14H2,1-2H3,(H,15,16,17). The number of halogens is 1. The molecule has 0 unspecified atom stereocenters. The van der Waals surface area contributed by atoms with E-state index in [0.717, 1.165) is 0 Å². The molecule has 110 valence electrons. The monoisotopic (exact) mass is 353 g/mol. The topological polar surface area (TPSA) is 116 Å². The number of nitrogens with zero attached hydrogens (tertiary/aromatic N) is 3. The molecule has 2 rings (SSSR count). The van der Waals surface area contributed by atoms with Crippen molar-refractivity contribution < 1.29 is 9.66 Å². The maximum atomic E-state index is 11.1. The van der Waals surface area contributed by atoms with Crippen LogP contribution < -0.4 is 16.0 Å². The Morgan fingerprint density at radius 2 is 2.05 bits per heavy atom. The minimum atomic E-state index is -0.511. The lowest BCUT2D eigenvalue weighted by atomic mass is 10.2. The lowest BCUT2D eigenvalue weighted by Crippen LogP contribution is -2.10. The summed E-state index contributed by atoms with van der Waals surface area (Å²) in [7, 11) is 0. The van der Waals surface area contributed by atoms with E-state index in [9.17, 15) is 10.1 Å². The van der Waals surface area contributed by atoms with Gasteiger partial charge in [-0.1, -0.05) is 15.9 Å². The van der Waals surface area contributed by atoms with Crippen LogP contribution in [0.4, 0.5) is 11.5 Å². The van der Waals surface area contributed by atoms with Crippen molar-refractivity contribution in [3.63, 3.8) is 0 Å². The minimum absolute atomic E-state index is 0.129. The van der Waals surface area contributed by atoms with Crippen molar-refractivity contribution >= 4 is 27.4 Å². The number of rotatable bonds is 4. The molecule has 0 aliphatic rings. The van der Waals surface area contributed by atoms with Crippen LogP contribution in [0.2, 0.25) is 0 Å². The van der Waals surface area contributed by atoms with Gasteiger partial charge >= 0.3 is 5.69 Å². The summed E-state index contributed by atoms with van der Waals surface area (Å²) < 4.78 is 6.17. The van der Waals surface area contributed by atoms with Crippen molar-refractivity contribution in [2.24, 2.45) is 5.84 Å². The van der Waals surface area contributed by atoms with Crippen LogP contribution in [0.15, 0.2) is 22.7 Å². The van der Waals surface area contributed by atoms with E-state index >= 15 is 0 Å². The first-order chi connectivity index (χ1) is 9.90. The molecule has 1 aromatic heterocycles. The molecule has 8 nitrogen and oxygen atoms in total. The molecule has 2 aromatic rings. The molecular formula is C12H12BrN5O3. The second-order valence-corrected chi connectivity index (χ2v) is 5.13. The van der Waals surface area contributed by atoms with Crippen molar-refractivity contribution in [1.82, 2.24) is 9.97 Å². The largest absolute Gasteiger partial charge is 0.431 e. The number of aryl methyl sites for hydroxylation is 2. The fourth-order valence-electron chi connectivity index (χ4n) is 1.75. The maximum absolute atomic E-state index is 11.1. The van der Waals surface area contributed by atoms with Crippen LogP contribution >= 0.6 is 15.9 Å². The summed E-state index contributed by atoms with van der Waals surface area (Å²) in [6, 6.07) is 4.55. The van der Waals surface area contributed by atoms with Gasteiger partial charge in [-0.15, -0.1) is 0 Å². The quantitative estimate of drug-likeness (QED) is 0.493. The number of aromatic nitrogens is 2. The summed E-state index contributed by atoms with van der Waals surface area (Å²) in [4.78, 5) is 18.7. The van der Waals surface area contributed by atoms with E-state index in [1.54, 1.807) is 19.9 Å². The Bertz CT molecular complexity index is 708. The highest BCUT2D eigenvalue weighted by molar-refractivity contribution is 9.10. The summed E-state index contributed by atoms with van der Waals surface area (Å²) in [5.74, 6) is 6.38. The first-order valence-corrected chi connectivity index (χ1v) is 6.64. The molecule has 0 spiro atoms. The SMILES string of the molecule is Cc1nc(NN)cc(Oc2c(C)cc(Br)cc2[N+](=O)[O-])n1. The minimum Gasteiger partial charge on any atom is -0.431 e. The van der Waals surface area contributed by atoms with E-state index in [0.29, 0.717) is 21.7 Å². The average molecular weight is 354 g/mol. The van der Waals surface area contributed by atoms with E-state index in [4.69, 9.17) is 10.6 Å². The van der Waals surface area contributed by atoms with Crippen LogP contribution in [0, 0.1) is 24.0 Å². The van der Waals surface area contributed by atoms with Gasteiger partial charge in [0.2, 0.25) is 11.6 Å². The first kappa shape index (κ1) is 15.1. The van der Waals surface area contributed by atoms with Crippen molar-refractivity contribution in [1.29, 1.82) is 0 Å². The van der Waals surface area contributed by atoms with Crippen LogP contribution in [-0.2, 0) is 0 Å². The lowest BCUT2D eigenvalue weighted by molar-refractivity contribution is -0.385. The van der Waals surface area contributed by atoms with Gasteiger partial charge in [-0.3, -0.25) is 10.1 Å². The van der Waals surface area contributed by atoms with Crippen LogP contribution in [-0.4, -0.2) is 14.9 Å². The predicted octanol–water partition coefficient (Wildman–Crippen LogP) is 2.84. The van der Waals surface area contributed by atoms with Gasteiger partial charge in [0.25, 0.3) is 0 Å². The fraction of sp³-hybridized carbons (Fsp3) is 0.167. The number of hydrogen-bond acceptors (Lipinski definition) is 7. The van der Waals surface area contributed by atoms with Gasteiger partial charge in [-0.2, -0.15) is 4.98 Å². The molecule has 0 atom stereocenters. The third-order valence-electron chi connectivity index (χ3n) is 2.59. The van der Waals surface area contributed by atoms with Crippen LogP contribution in [0.3, 0.4) is 0 Å². The van der Waals surface area contributed by atoms with Gasteiger partial charge in [0.05, 0.1) is 4.92 Å². The second-order valence-electron chi connectivity index (χ2n) is 4.21. The molecule has 0 amide bonds. The van der Waals surface area contributed by atoms with Crippen molar-refractivity contribution in [2.45, 2.75) is 13.8 Å². The average Bonchev–Trinajstić information content (AvgIpc) is 2.40. The van der Waals surface area contributed by atoms with Gasteiger partial charge in [0.1, 0.15) is 11.6 Å². The molecule has 21 heavy (non-hydrogen) atoms. The van der Waals surface area contributed by atoms with Gasteiger partial charge < -0.3 is 10.2 Å². The number of benzene rings is 1. The van der Waals surface area contributed by atoms with Gasteiger partial charge in [-0.05, 0) is 19.9 Å². The van der Waals surface area contributed by atoms with Gasteiger partial charge in [-0.25, -0.2) is 10.8 Å². The normalized spacial score (nSPS) is 10.3. The Labute approximate surface area is 128 Å². The van der Waals surface area contributed by atoms with Crippen molar-refractivity contribution in [3.05, 3.63) is 44.2 Å². The molecule has 0 radical (unpaired) electrons. The zero-order valence-corrected chi connectivity index (χ0v) is 12.8. The number of nitro groups is 1. The van der Waals surface area contributed by atoms with Crippen LogP contribution in [0.25, 0.3) is 0 Å². The third kappa shape index (κ3) is 3.44. The summed E-state index contributed by atoms with van der Waals surface area (Å²) in [5, 5.41) is 11.1. The summed E-state index contributed by atoms with van der Waals surface area (Å²) in [6.07, 6.45) is 0. The highest BCUT2D eigenvalue weighted by Crippen LogP contribution is 2.36. The molecular weight excluding hydrogens is 342 g/mol.